The zero-order chi connectivity index (χ0) is 40.0. The van der Waals surface area contributed by atoms with Crippen LogP contribution in [0.2, 0.25) is 0 Å². The summed E-state index contributed by atoms with van der Waals surface area (Å²) in [7, 11) is 0. The van der Waals surface area contributed by atoms with E-state index in [0.29, 0.717) is 0 Å². The number of fused-ring (bicyclic) bond motifs is 9. The van der Waals surface area contributed by atoms with Gasteiger partial charge in [0, 0.05) is 48.7 Å². The van der Waals surface area contributed by atoms with Gasteiger partial charge in [-0.05, 0) is 121 Å². The van der Waals surface area contributed by atoms with Gasteiger partial charge in [0.2, 0.25) is 0 Å². The van der Waals surface area contributed by atoms with Crippen molar-refractivity contribution < 1.29 is 0 Å². The molecule has 0 spiro atoms. The highest BCUT2D eigenvalue weighted by Crippen LogP contribution is 2.54. The third-order valence-electron chi connectivity index (χ3n) is 13.1. The Morgan fingerprint density at radius 1 is 0.509 bits per heavy atom. The molecule has 3 heterocycles. The summed E-state index contributed by atoms with van der Waals surface area (Å²) < 4.78 is 2.78. The zero-order valence-corrected chi connectivity index (χ0v) is 36.2. The van der Waals surface area contributed by atoms with E-state index in [1.807, 2.05) is 11.3 Å². The second kappa shape index (κ2) is 12.0. The molecular formula is C53H53BN2S. The van der Waals surface area contributed by atoms with E-state index in [-0.39, 0.29) is 28.4 Å². The molecule has 0 atom stereocenters. The summed E-state index contributed by atoms with van der Waals surface area (Å²) in [6, 6.07) is 47.2. The molecule has 7 aromatic rings. The lowest BCUT2D eigenvalue weighted by Gasteiger charge is -2.43. The van der Waals surface area contributed by atoms with Crippen molar-refractivity contribution in [1.82, 2.24) is 0 Å². The maximum Gasteiger partial charge on any atom is 0.264 e. The molecule has 57 heavy (non-hydrogen) atoms. The normalized spacial score (nSPS) is 15.3. The Balaban J connectivity index is 1.29. The molecule has 0 fully saturated rings. The lowest BCUT2D eigenvalue weighted by atomic mass is 9.36. The van der Waals surface area contributed by atoms with Crippen molar-refractivity contribution in [1.29, 1.82) is 0 Å². The van der Waals surface area contributed by atoms with E-state index in [0.717, 1.165) is 0 Å². The first-order valence-corrected chi connectivity index (χ1v) is 21.5. The third kappa shape index (κ3) is 5.36. The first kappa shape index (κ1) is 36.3. The Labute approximate surface area is 344 Å². The van der Waals surface area contributed by atoms with Gasteiger partial charge in [-0.3, -0.25) is 0 Å². The fourth-order valence-corrected chi connectivity index (χ4v) is 11.2. The van der Waals surface area contributed by atoms with Gasteiger partial charge in [-0.15, -0.1) is 11.3 Å². The highest BCUT2D eigenvalue weighted by molar-refractivity contribution is 7.33. The van der Waals surface area contributed by atoms with Gasteiger partial charge in [0.15, 0.2) is 0 Å². The van der Waals surface area contributed by atoms with Crippen LogP contribution in [0.4, 0.5) is 34.1 Å². The van der Waals surface area contributed by atoms with Crippen LogP contribution in [0.25, 0.3) is 21.2 Å². The number of rotatable bonds is 2. The molecular weight excluding hydrogens is 707 g/mol. The zero-order valence-electron chi connectivity index (χ0n) is 35.4. The van der Waals surface area contributed by atoms with E-state index in [1.165, 1.54) is 98.9 Å². The second-order valence-corrected chi connectivity index (χ2v) is 21.4. The van der Waals surface area contributed by atoms with Crippen LogP contribution in [0.1, 0.15) is 104 Å². The number of thiophene rings is 1. The molecule has 2 aliphatic heterocycles. The highest BCUT2D eigenvalue weighted by atomic mass is 32.1. The first-order chi connectivity index (χ1) is 26.9. The fourth-order valence-electron chi connectivity index (χ4n) is 9.85. The number of hydrogen-bond donors (Lipinski definition) is 0. The maximum atomic E-state index is 2.61. The van der Waals surface area contributed by atoms with Crippen LogP contribution in [0.5, 0.6) is 0 Å². The Bertz CT molecular complexity index is 2770. The topological polar surface area (TPSA) is 6.48 Å². The summed E-state index contributed by atoms with van der Waals surface area (Å²) in [4.78, 5) is 5.15. The first-order valence-electron chi connectivity index (χ1n) is 20.7. The summed E-state index contributed by atoms with van der Waals surface area (Å²) in [5, 5.41) is 1.35. The number of benzene rings is 6. The standard InChI is InChI=1S/C53H53BN2S/c1-50(2,3)32-19-24-35(25-20-32)55-43-28-23-34(52(7,8)9)29-42(43)54-47-44(55)17-14-18-45(47)56(36-26-21-33(22-27-36)51(4,5)6)48-39-30-41-38(31-46(39)57-49(48)54)37-15-12-13-16-40(37)53(41,10)11/h12-31H,1-11H3. The summed E-state index contributed by atoms with van der Waals surface area (Å²) in [5.74, 6) is 0. The Hall–Kier alpha value is -5.06. The van der Waals surface area contributed by atoms with Crippen molar-refractivity contribution in [3.63, 3.8) is 0 Å². The smallest absolute Gasteiger partial charge is 0.264 e. The van der Waals surface area contributed by atoms with Gasteiger partial charge >= 0.3 is 0 Å². The Kier molecular flexibility index (Phi) is 7.64. The van der Waals surface area contributed by atoms with Crippen molar-refractivity contribution in [2.75, 3.05) is 9.80 Å². The molecule has 0 amide bonds. The molecule has 0 bridgehead atoms. The monoisotopic (exact) mass is 760 g/mol. The van der Waals surface area contributed by atoms with Crippen LogP contribution in [-0.2, 0) is 21.7 Å². The number of hydrogen-bond acceptors (Lipinski definition) is 3. The van der Waals surface area contributed by atoms with Gasteiger partial charge in [0.25, 0.3) is 6.71 Å². The van der Waals surface area contributed by atoms with E-state index >= 15 is 0 Å². The van der Waals surface area contributed by atoms with Gasteiger partial charge in [-0.2, -0.15) is 0 Å². The molecule has 6 aromatic carbocycles. The molecule has 2 nitrogen and oxygen atoms in total. The minimum Gasteiger partial charge on any atom is -0.311 e. The average molecular weight is 761 g/mol. The molecule has 0 N–H and O–H groups in total. The van der Waals surface area contributed by atoms with E-state index < -0.39 is 0 Å². The van der Waals surface area contributed by atoms with Crippen LogP contribution in [0, 0.1) is 0 Å². The molecule has 4 heteroatoms. The predicted octanol–water partition coefficient (Wildman–Crippen LogP) is 13.2. The summed E-state index contributed by atoms with van der Waals surface area (Å²) >= 11 is 2.00. The molecule has 0 unspecified atom stereocenters. The Morgan fingerprint density at radius 2 is 1.07 bits per heavy atom. The summed E-state index contributed by atoms with van der Waals surface area (Å²) in [5.41, 5.74) is 20.0. The van der Waals surface area contributed by atoms with Gasteiger partial charge in [-0.25, -0.2) is 0 Å². The molecule has 10 rings (SSSR count). The van der Waals surface area contributed by atoms with Crippen LogP contribution in [0.15, 0.2) is 121 Å². The number of nitrogens with zero attached hydrogens (tertiary/aromatic N) is 2. The third-order valence-corrected chi connectivity index (χ3v) is 14.3. The van der Waals surface area contributed by atoms with Crippen molar-refractivity contribution in [3.05, 3.63) is 149 Å². The summed E-state index contributed by atoms with van der Waals surface area (Å²) in [6.07, 6.45) is 0. The van der Waals surface area contributed by atoms with Gasteiger partial charge in [0.05, 0.1) is 5.69 Å². The van der Waals surface area contributed by atoms with E-state index in [2.05, 4.69) is 207 Å². The molecule has 1 aliphatic carbocycles. The molecule has 0 saturated carbocycles. The Morgan fingerprint density at radius 3 is 1.68 bits per heavy atom. The van der Waals surface area contributed by atoms with Crippen LogP contribution < -0.4 is 25.5 Å². The average Bonchev–Trinajstić information content (AvgIpc) is 3.64. The van der Waals surface area contributed by atoms with Gasteiger partial charge in [0.1, 0.15) is 0 Å². The summed E-state index contributed by atoms with van der Waals surface area (Å²) in [6.45, 7) is 25.7. The SMILES string of the molecule is CC(C)(C)c1ccc(N2c3ccc(C(C)(C)C)cc3B3c4sc5cc6c(cc5c4N(c4ccc(C(C)(C)C)cc4)c4cccc2c43)C(C)(C)c2ccccc2-6)cc1. The number of anilines is 6. The molecule has 284 valence electrons. The maximum absolute atomic E-state index is 2.61. The van der Waals surface area contributed by atoms with E-state index in [4.69, 9.17) is 0 Å². The van der Waals surface area contributed by atoms with Gasteiger partial charge in [-0.1, -0.05) is 143 Å². The van der Waals surface area contributed by atoms with Crippen molar-refractivity contribution in [2.24, 2.45) is 0 Å². The largest absolute Gasteiger partial charge is 0.311 e. The molecule has 1 aromatic heterocycles. The fraction of sp³-hybridized carbons (Fsp3) is 0.283. The predicted molar refractivity (Wildman–Crippen MR) is 250 cm³/mol. The lowest BCUT2D eigenvalue weighted by molar-refractivity contribution is 0.590. The minimum atomic E-state index is -0.0873. The molecule has 3 aliphatic rings. The van der Waals surface area contributed by atoms with Crippen LogP contribution >= 0.6 is 11.3 Å². The van der Waals surface area contributed by atoms with Gasteiger partial charge < -0.3 is 9.80 Å². The lowest BCUT2D eigenvalue weighted by Crippen LogP contribution is -2.60. The van der Waals surface area contributed by atoms with E-state index in [1.54, 1.807) is 0 Å². The van der Waals surface area contributed by atoms with Crippen LogP contribution in [0.3, 0.4) is 0 Å². The van der Waals surface area contributed by atoms with Crippen LogP contribution in [-0.4, -0.2) is 6.71 Å². The van der Waals surface area contributed by atoms with Crippen molar-refractivity contribution in [3.8, 4) is 11.1 Å². The second-order valence-electron chi connectivity index (χ2n) is 20.3. The minimum absolute atomic E-state index is 0.00624. The van der Waals surface area contributed by atoms with Crippen molar-refractivity contribution >= 4 is 78.0 Å². The van der Waals surface area contributed by atoms with E-state index in [9.17, 15) is 0 Å². The molecule has 0 radical (unpaired) electrons. The van der Waals surface area contributed by atoms with Crippen molar-refractivity contribution in [2.45, 2.75) is 97.8 Å². The highest BCUT2D eigenvalue weighted by Gasteiger charge is 2.46. The quantitative estimate of drug-likeness (QED) is 0.162. The molecule has 0 saturated heterocycles.